The van der Waals surface area contributed by atoms with Crippen molar-refractivity contribution < 1.29 is 9.47 Å². The Morgan fingerprint density at radius 2 is 1.36 bits per heavy atom. The van der Waals surface area contributed by atoms with E-state index in [-0.39, 0.29) is 12.0 Å². The predicted octanol–water partition coefficient (Wildman–Crippen LogP) is 6.42. The van der Waals surface area contributed by atoms with E-state index in [2.05, 4.69) is 122 Å². The Kier molecular flexibility index (Phi) is 7.99. The van der Waals surface area contributed by atoms with Crippen molar-refractivity contribution >= 4 is 11.4 Å². The van der Waals surface area contributed by atoms with Gasteiger partial charge in [0, 0.05) is 18.0 Å². The fraction of sp³-hybridized carbons (Fsp3) is 0.265. The van der Waals surface area contributed by atoms with Gasteiger partial charge in [-0.2, -0.15) is 0 Å². The summed E-state index contributed by atoms with van der Waals surface area (Å²) in [4.78, 5) is 7.24. The number of nitrogens with one attached hydrogen (secondary N) is 1. The minimum absolute atomic E-state index is 0.0478. The first-order valence-electron chi connectivity index (χ1n) is 13.5. The molecule has 0 amide bonds. The van der Waals surface area contributed by atoms with Gasteiger partial charge in [0.25, 0.3) is 0 Å². The van der Waals surface area contributed by atoms with Crippen LogP contribution in [0.1, 0.15) is 12.5 Å². The Morgan fingerprint density at radius 1 is 0.769 bits per heavy atom. The fourth-order valence-corrected chi connectivity index (χ4v) is 5.31. The van der Waals surface area contributed by atoms with E-state index in [1.165, 1.54) is 22.3 Å². The van der Waals surface area contributed by atoms with Gasteiger partial charge in [-0.3, -0.25) is 4.99 Å². The molecule has 3 aromatic carbocycles. The second-order valence-corrected chi connectivity index (χ2v) is 10.3. The molecule has 39 heavy (non-hydrogen) atoms. The van der Waals surface area contributed by atoms with Crippen LogP contribution in [0.4, 0.5) is 0 Å². The number of nitrogens with zero attached hydrogens (tertiary/aromatic N) is 2. The molecule has 0 aromatic heterocycles. The number of hydrogen-bond acceptors (Lipinski definition) is 4. The second kappa shape index (κ2) is 11.7. The van der Waals surface area contributed by atoms with Crippen LogP contribution in [-0.4, -0.2) is 58.2 Å². The van der Waals surface area contributed by atoms with Crippen molar-refractivity contribution in [1.29, 1.82) is 0 Å². The van der Waals surface area contributed by atoms with Crippen LogP contribution in [0, 0.1) is 5.92 Å². The quantitative estimate of drug-likeness (QED) is 0.373. The second-order valence-electron chi connectivity index (χ2n) is 10.3. The number of aliphatic imine (C=N–C) groups is 1. The van der Waals surface area contributed by atoms with Crippen LogP contribution in [0.5, 0.6) is 0 Å². The molecule has 2 aliphatic rings. The number of hydrogen-bond donors (Lipinski definition) is 1. The number of fused-ring (bicyclic) bond motifs is 1. The molecule has 5 nitrogen and oxygen atoms in total. The van der Waals surface area contributed by atoms with Crippen LogP contribution in [0.15, 0.2) is 113 Å². The summed E-state index contributed by atoms with van der Waals surface area (Å²) >= 11 is 0. The number of rotatable bonds is 8. The molecule has 5 rings (SSSR count). The van der Waals surface area contributed by atoms with E-state index in [0.717, 1.165) is 40.6 Å². The molecule has 2 unspecified atom stereocenters. The zero-order valence-electron chi connectivity index (χ0n) is 23.4. The van der Waals surface area contributed by atoms with Crippen molar-refractivity contribution in [1.82, 2.24) is 10.2 Å². The lowest BCUT2D eigenvalue weighted by atomic mass is 9.82. The minimum atomic E-state index is 0.0478. The number of methoxy groups -OCH3 is 2. The van der Waals surface area contributed by atoms with Crippen LogP contribution < -0.4 is 5.32 Å². The maximum absolute atomic E-state index is 5.75. The van der Waals surface area contributed by atoms with Crippen LogP contribution >= 0.6 is 0 Å². The fourth-order valence-electron chi connectivity index (χ4n) is 5.31. The van der Waals surface area contributed by atoms with Gasteiger partial charge >= 0.3 is 0 Å². The molecular weight excluding hydrogens is 482 g/mol. The molecule has 200 valence electrons. The molecule has 0 saturated carbocycles. The van der Waals surface area contributed by atoms with E-state index in [0.29, 0.717) is 6.54 Å². The average Bonchev–Trinajstić information content (AvgIpc) is 2.97. The largest absolute Gasteiger partial charge is 0.497 e. The highest BCUT2D eigenvalue weighted by Crippen LogP contribution is 2.38. The van der Waals surface area contributed by atoms with Gasteiger partial charge in [-0.05, 0) is 77.8 Å². The molecule has 1 heterocycles. The standard InChI is InChI=1S/C34H37N3O2/c1-23-32-29(22-31(38-4)33(23)39-5)21-30(34(36-32)35-16-17-37(2)3)28-19-26(24-12-8-6-9-13-24)18-27(20-28)25-14-10-7-11-15-25/h6-15,18-23,32H,16-17H2,1-5H3,(H,35,36). The molecule has 0 saturated heterocycles. The summed E-state index contributed by atoms with van der Waals surface area (Å²) in [5.41, 5.74) is 8.08. The third-order valence-corrected chi connectivity index (χ3v) is 7.39. The first-order chi connectivity index (χ1) is 19.0. The first-order valence-corrected chi connectivity index (χ1v) is 13.5. The van der Waals surface area contributed by atoms with Gasteiger partial charge in [-0.1, -0.05) is 67.6 Å². The molecule has 1 aliphatic heterocycles. The molecule has 0 spiro atoms. The third kappa shape index (κ3) is 5.69. The van der Waals surface area contributed by atoms with Crippen LogP contribution in [0.2, 0.25) is 0 Å². The molecule has 3 aromatic rings. The van der Waals surface area contributed by atoms with Crippen molar-refractivity contribution in [2.75, 3.05) is 41.4 Å². The summed E-state index contributed by atoms with van der Waals surface area (Å²) in [5, 5.41) is 3.78. The maximum atomic E-state index is 5.75. The van der Waals surface area contributed by atoms with Crippen molar-refractivity contribution in [3.63, 3.8) is 0 Å². The summed E-state index contributed by atoms with van der Waals surface area (Å²) in [5.74, 6) is 2.62. The van der Waals surface area contributed by atoms with Gasteiger partial charge in [-0.15, -0.1) is 0 Å². The maximum Gasteiger partial charge on any atom is 0.157 e. The Labute approximate surface area is 232 Å². The molecule has 5 heteroatoms. The van der Waals surface area contributed by atoms with Crippen LogP contribution in [-0.2, 0) is 9.47 Å². The highest BCUT2D eigenvalue weighted by atomic mass is 16.5. The number of likely N-dealkylation sites (N-methyl/N-ethyl adjacent to an activating group) is 1. The predicted molar refractivity (Wildman–Crippen MR) is 161 cm³/mol. The summed E-state index contributed by atoms with van der Waals surface area (Å²) in [6.07, 6.45) is 4.36. The normalized spacial score (nSPS) is 19.8. The number of ether oxygens (including phenoxy) is 2. The third-order valence-electron chi connectivity index (χ3n) is 7.39. The number of benzene rings is 3. The molecule has 0 fully saturated rings. The number of allylic oxidation sites excluding steroid dienone is 1. The van der Waals surface area contributed by atoms with Gasteiger partial charge in [0.15, 0.2) is 5.76 Å². The van der Waals surface area contributed by atoms with E-state index in [1.807, 2.05) is 0 Å². The zero-order valence-corrected chi connectivity index (χ0v) is 23.4. The van der Waals surface area contributed by atoms with Gasteiger partial charge in [0.05, 0.1) is 26.8 Å². The van der Waals surface area contributed by atoms with Crippen LogP contribution in [0.3, 0.4) is 0 Å². The van der Waals surface area contributed by atoms with Gasteiger partial charge in [-0.25, -0.2) is 0 Å². The average molecular weight is 520 g/mol. The number of amidine groups is 1. The topological polar surface area (TPSA) is 46.1 Å². The van der Waals surface area contributed by atoms with Crippen molar-refractivity contribution in [3.8, 4) is 22.3 Å². The van der Waals surface area contributed by atoms with Gasteiger partial charge in [0.1, 0.15) is 11.6 Å². The monoisotopic (exact) mass is 519 g/mol. The highest BCUT2D eigenvalue weighted by molar-refractivity contribution is 6.24. The molecule has 2 atom stereocenters. The lowest BCUT2D eigenvalue weighted by Crippen LogP contribution is -2.46. The minimum Gasteiger partial charge on any atom is -0.497 e. The molecule has 1 aliphatic carbocycles. The van der Waals surface area contributed by atoms with Crippen molar-refractivity contribution in [2.24, 2.45) is 10.9 Å². The molecular formula is C34H37N3O2. The Balaban J connectivity index is 1.69. The van der Waals surface area contributed by atoms with Crippen LogP contribution in [0.25, 0.3) is 27.8 Å². The van der Waals surface area contributed by atoms with Crippen molar-refractivity contribution in [3.05, 3.63) is 114 Å². The van der Waals surface area contributed by atoms with Gasteiger partial charge in [0.2, 0.25) is 0 Å². The lowest BCUT2D eigenvalue weighted by Gasteiger charge is -2.36. The summed E-state index contributed by atoms with van der Waals surface area (Å²) in [7, 11) is 7.56. The zero-order chi connectivity index (χ0) is 27.4. The van der Waals surface area contributed by atoms with E-state index in [9.17, 15) is 0 Å². The van der Waals surface area contributed by atoms with Crippen molar-refractivity contribution in [2.45, 2.75) is 13.0 Å². The summed E-state index contributed by atoms with van der Waals surface area (Å²) < 4.78 is 11.5. The molecule has 0 bridgehead atoms. The van der Waals surface area contributed by atoms with Gasteiger partial charge < -0.3 is 19.7 Å². The van der Waals surface area contributed by atoms with E-state index < -0.39 is 0 Å². The molecule has 0 radical (unpaired) electrons. The Hall–Kier alpha value is -4.09. The Bertz CT molecular complexity index is 1380. The lowest BCUT2D eigenvalue weighted by molar-refractivity contribution is 0.186. The smallest absolute Gasteiger partial charge is 0.157 e. The summed E-state index contributed by atoms with van der Waals surface area (Å²) in [6, 6.07) is 28.0. The highest BCUT2D eigenvalue weighted by Gasteiger charge is 2.35. The summed E-state index contributed by atoms with van der Waals surface area (Å²) in [6.45, 7) is 3.74. The Morgan fingerprint density at radius 3 is 1.90 bits per heavy atom. The first kappa shape index (κ1) is 26.5. The SMILES string of the molecule is COC1=C(OC)C(C)C2NC(=NCCN(C)C)C(c3cc(-c4ccccc4)cc(-c4ccccc4)c3)=CC2=C1. The van der Waals surface area contributed by atoms with E-state index >= 15 is 0 Å². The van der Waals surface area contributed by atoms with E-state index in [4.69, 9.17) is 14.5 Å². The molecule has 1 N–H and O–H groups in total. The van der Waals surface area contributed by atoms with E-state index in [1.54, 1.807) is 14.2 Å².